The van der Waals surface area contributed by atoms with E-state index >= 15 is 0 Å². The van der Waals surface area contributed by atoms with Gasteiger partial charge in [-0.3, -0.25) is 15.0 Å². The molecule has 2 aromatic carbocycles. The number of fused-ring (bicyclic) bond motifs is 4. The van der Waals surface area contributed by atoms with Gasteiger partial charge in [-0.2, -0.15) is 0 Å². The summed E-state index contributed by atoms with van der Waals surface area (Å²) < 4.78 is 2.54. The fourth-order valence-electron chi connectivity index (χ4n) is 2.97. The Balaban J connectivity index is 1.81. The Hall–Kier alpha value is -2.85. The standard InChI is InChI=1S/C19H11N3S/c1-2-7-17-12(4-1)14-11-22-16(10-18(14)23-17)13-5-3-6-15-19(13)21-9-8-20-15/h1-11H. The summed E-state index contributed by atoms with van der Waals surface area (Å²) in [6.07, 6.45) is 5.41. The van der Waals surface area contributed by atoms with Gasteiger partial charge in [-0.1, -0.05) is 30.3 Å². The zero-order valence-electron chi connectivity index (χ0n) is 12.1. The van der Waals surface area contributed by atoms with E-state index < -0.39 is 0 Å². The lowest BCUT2D eigenvalue weighted by atomic mass is 10.1. The van der Waals surface area contributed by atoms with Crippen molar-refractivity contribution >= 4 is 42.5 Å². The molecule has 0 spiro atoms. The third kappa shape index (κ3) is 1.92. The zero-order chi connectivity index (χ0) is 15.2. The van der Waals surface area contributed by atoms with Crippen LogP contribution in [0.2, 0.25) is 0 Å². The maximum atomic E-state index is 4.69. The van der Waals surface area contributed by atoms with Gasteiger partial charge in [0.2, 0.25) is 0 Å². The summed E-state index contributed by atoms with van der Waals surface area (Å²) in [5.74, 6) is 0. The average Bonchev–Trinajstić information content (AvgIpc) is 2.99. The molecule has 0 fully saturated rings. The molecule has 0 radical (unpaired) electrons. The van der Waals surface area contributed by atoms with Crippen molar-refractivity contribution in [3.63, 3.8) is 0 Å². The van der Waals surface area contributed by atoms with Crippen molar-refractivity contribution in [1.29, 1.82) is 0 Å². The summed E-state index contributed by atoms with van der Waals surface area (Å²) in [6.45, 7) is 0. The first kappa shape index (κ1) is 12.7. The molecule has 0 saturated carbocycles. The van der Waals surface area contributed by atoms with E-state index in [4.69, 9.17) is 0 Å². The number of hydrogen-bond donors (Lipinski definition) is 0. The van der Waals surface area contributed by atoms with Crippen LogP contribution in [0.25, 0.3) is 42.5 Å². The van der Waals surface area contributed by atoms with Crippen molar-refractivity contribution in [2.45, 2.75) is 0 Å². The number of nitrogens with zero attached hydrogens (tertiary/aromatic N) is 3. The maximum absolute atomic E-state index is 4.69. The van der Waals surface area contributed by atoms with E-state index in [2.05, 4.69) is 51.4 Å². The van der Waals surface area contributed by atoms with E-state index in [1.807, 2.05) is 18.3 Å². The molecule has 3 nitrogen and oxygen atoms in total. The SMILES string of the molecule is c1cc(-c2cc3sc4ccccc4c3cn2)c2nccnc2c1. The molecule has 108 valence electrons. The zero-order valence-corrected chi connectivity index (χ0v) is 12.9. The van der Waals surface area contributed by atoms with E-state index in [9.17, 15) is 0 Å². The van der Waals surface area contributed by atoms with Crippen molar-refractivity contribution in [2.24, 2.45) is 0 Å². The number of benzene rings is 2. The first-order chi connectivity index (χ1) is 11.4. The van der Waals surface area contributed by atoms with Crippen LogP contribution in [0.1, 0.15) is 0 Å². The van der Waals surface area contributed by atoms with E-state index in [0.717, 1.165) is 22.3 Å². The highest BCUT2D eigenvalue weighted by atomic mass is 32.1. The van der Waals surface area contributed by atoms with Gasteiger partial charge in [0, 0.05) is 44.3 Å². The van der Waals surface area contributed by atoms with E-state index in [0.29, 0.717) is 0 Å². The van der Waals surface area contributed by atoms with Crippen LogP contribution in [0.3, 0.4) is 0 Å². The Morgan fingerprint density at radius 2 is 1.65 bits per heavy atom. The Bertz CT molecular complexity index is 1170. The Morgan fingerprint density at radius 1 is 0.739 bits per heavy atom. The van der Waals surface area contributed by atoms with E-state index in [1.165, 1.54) is 20.2 Å². The molecule has 0 bridgehead atoms. The Kier molecular flexibility index (Phi) is 2.66. The normalized spacial score (nSPS) is 11.5. The largest absolute Gasteiger partial charge is 0.255 e. The number of rotatable bonds is 1. The summed E-state index contributed by atoms with van der Waals surface area (Å²) >= 11 is 1.80. The molecule has 0 aliphatic carbocycles. The summed E-state index contributed by atoms with van der Waals surface area (Å²) in [4.78, 5) is 13.5. The van der Waals surface area contributed by atoms with Crippen molar-refractivity contribution < 1.29 is 0 Å². The lowest BCUT2D eigenvalue weighted by Crippen LogP contribution is -1.88. The summed E-state index contributed by atoms with van der Waals surface area (Å²) in [6, 6.07) is 16.6. The quantitative estimate of drug-likeness (QED) is 0.434. The van der Waals surface area contributed by atoms with Crippen molar-refractivity contribution in [3.8, 4) is 11.3 Å². The third-order valence-corrected chi connectivity index (χ3v) is 5.17. The highest BCUT2D eigenvalue weighted by Gasteiger charge is 2.10. The molecule has 3 aromatic heterocycles. The monoisotopic (exact) mass is 313 g/mol. The summed E-state index contributed by atoms with van der Waals surface area (Å²) in [7, 11) is 0. The molecule has 0 amide bonds. The van der Waals surface area contributed by atoms with Crippen LogP contribution in [0.5, 0.6) is 0 Å². The highest BCUT2D eigenvalue weighted by molar-refractivity contribution is 7.25. The minimum absolute atomic E-state index is 0.892. The molecule has 4 heteroatoms. The van der Waals surface area contributed by atoms with Gasteiger partial charge in [-0.25, -0.2) is 0 Å². The molecule has 5 aromatic rings. The third-order valence-electron chi connectivity index (χ3n) is 4.04. The lowest BCUT2D eigenvalue weighted by molar-refractivity contribution is 1.28. The van der Waals surface area contributed by atoms with Crippen LogP contribution in [0.4, 0.5) is 0 Å². The first-order valence-electron chi connectivity index (χ1n) is 7.37. The van der Waals surface area contributed by atoms with Gasteiger partial charge >= 0.3 is 0 Å². The Morgan fingerprint density at radius 3 is 2.65 bits per heavy atom. The molecule has 3 heterocycles. The van der Waals surface area contributed by atoms with Gasteiger partial charge in [0.15, 0.2) is 0 Å². The number of hydrogen-bond acceptors (Lipinski definition) is 4. The van der Waals surface area contributed by atoms with Crippen molar-refractivity contribution in [3.05, 3.63) is 67.1 Å². The Labute approximate surface area is 136 Å². The van der Waals surface area contributed by atoms with Gasteiger partial charge in [0.05, 0.1) is 16.7 Å². The van der Waals surface area contributed by atoms with Crippen LogP contribution < -0.4 is 0 Å². The highest BCUT2D eigenvalue weighted by Crippen LogP contribution is 2.35. The molecule has 0 aliphatic heterocycles. The fraction of sp³-hybridized carbons (Fsp3) is 0. The maximum Gasteiger partial charge on any atom is 0.0980 e. The van der Waals surface area contributed by atoms with E-state index in [-0.39, 0.29) is 0 Å². The number of aromatic nitrogens is 3. The van der Waals surface area contributed by atoms with Crippen LogP contribution in [-0.4, -0.2) is 15.0 Å². The van der Waals surface area contributed by atoms with E-state index in [1.54, 1.807) is 23.7 Å². The minimum atomic E-state index is 0.892. The topological polar surface area (TPSA) is 38.7 Å². The lowest BCUT2D eigenvalue weighted by Gasteiger charge is -2.04. The fourth-order valence-corrected chi connectivity index (χ4v) is 4.08. The van der Waals surface area contributed by atoms with Crippen LogP contribution in [0, 0.1) is 0 Å². The summed E-state index contributed by atoms with van der Waals surface area (Å²) in [5, 5.41) is 2.48. The van der Waals surface area contributed by atoms with Crippen LogP contribution >= 0.6 is 11.3 Å². The number of thiophene rings is 1. The second kappa shape index (κ2) is 4.83. The van der Waals surface area contributed by atoms with Gasteiger partial charge < -0.3 is 0 Å². The average molecular weight is 313 g/mol. The molecule has 5 rings (SSSR count). The molecule has 0 saturated heterocycles. The number of para-hydroxylation sites is 1. The predicted molar refractivity (Wildman–Crippen MR) is 95.7 cm³/mol. The predicted octanol–water partition coefficient (Wildman–Crippen LogP) is 5.06. The van der Waals surface area contributed by atoms with Gasteiger partial charge in [-0.15, -0.1) is 11.3 Å². The molecule has 0 aliphatic rings. The molecular formula is C19H11N3S. The number of pyridine rings is 1. The van der Waals surface area contributed by atoms with Crippen molar-refractivity contribution in [2.75, 3.05) is 0 Å². The van der Waals surface area contributed by atoms with Crippen LogP contribution in [0.15, 0.2) is 67.1 Å². The smallest absolute Gasteiger partial charge is 0.0980 e. The van der Waals surface area contributed by atoms with Gasteiger partial charge in [0.1, 0.15) is 0 Å². The molecule has 0 atom stereocenters. The summed E-state index contributed by atoms with van der Waals surface area (Å²) in [5.41, 5.74) is 3.75. The molecule has 23 heavy (non-hydrogen) atoms. The molecule has 0 unspecified atom stereocenters. The minimum Gasteiger partial charge on any atom is -0.255 e. The molecular weight excluding hydrogens is 302 g/mol. The van der Waals surface area contributed by atoms with Crippen LogP contribution in [-0.2, 0) is 0 Å². The molecule has 0 N–H and O–H groups in total. The second-order valence-electron chi connectivity index (χ2n) is 5.39. The van der Waals surface area contributed by atoms with Gasteiger partial charge in [-0.05, 0) is 18.2 Å². The van der Waals surface area contributed by atoms with Gasteiger partial charge in [0.25, 0.3) is 0 Å². The first-order valence-corrected chi connectivity index (χ1v) is 8.19. The second-order valence-corrected chi connectivity index (χ2v) is 6.48. The van der Waals surface area contributed by atoms with Crippen molar-refractivity contribution in [1.82, 2.24) is 15.0 Å².